The molecule has 3 aliphatic carbocycles. The van der Waals surface area contributed by atoms with Crippen LogP contribution in [-0.2, 0) is 4.79 Å². The molecule has 5 aliphatic rings. The molecule has 3 atom stereocenters. The summed E-state index contributed by atoms with van der Waals surface area (Å²) in [6.07, 6.45) is 6.58. The van der Waals surface area contributed by atoms with Crippen LogP contribution < -0.4 is 10.1 Å². The first-order valence-corrected chi connectivity index (χ1v) is 11.8. The van der Waals surface area contributed by atoms with Crippen molar-refractivity contribution < 1.29 is 13.9 Å². The van der Waals surface area contributed by atoms with Gasteiger partial charge in [-0.3, -0.25) is 4.79 Å². The third-order valence-corrected chi connectivity index (χ3v) is 7.89. The van der Waals surface area contributed by atoms with Crippen LogP contribution in [0.1, 0.15) is 63.9 Å². The van der Waals surface area contributed by atoms with Gasteiger partial charge in [-0.15, -0.1) is 0 Å². The first kappa shape index (κ1) is 21.2. The standard InChI is InChI=1S/C25H31FN4O2/c1-14(24(28)22-19(29-2)5-6-20(23(22)26)32-18-3-4-18)7-21(31)30-16-8-15-9-17(30)12-25(10-15,11-16)13-27/h5-6,14-18,28-29H,3-4,7-12H2,1-2H3. The number of halogens is 1. The molecular formula is C25H31FN4O2. The van der Waals surface area contributed by atoms with E-state index in [9.17, 15) is 10.1 Å². The highest BCUT2D eigenvalue weighted by molar-refractivity contribution is 6.06. The Hall–Kier alpha value is -2.62. The number of rotatable bonds is 7. The predicted molar refractivity (Wildman–Crippen MR) is 119 cm³/mol. The molecule has 0 radical (unpaired) electrons. The minimum Gasteiger partial charge on any atom is -0.487 e. The molecule has 1 amide bonds. The summed E-state index contributed by atoms with van der Waals surface area (Å²) in [5.74, 6) is -0.202. The van der Waals surface area contributed by atoms with Crippen molar-refractivity contribution in [1.82, 2.24) is 4.90 Å². The summed E-state index contributed by atoms with van der Waals surface area (Å²) >= 11 is 0. The maximum Gasteiger partial charge on any atom is 0.223 e. The van der Waals surface area contributed by atoms with Crippen molar-refractivity contribution in [2.45, 2.75) is 76.5 Å². The molecule has 4 bridgehead atoms. The van der Waals surface area contributed by atoms with E-state index in [4.69, 9.17) is 10.1 Å². The Balaban J connectivity index is 1.32. The predicted octanol–water partition coefficient (Wildman–Crippen LogP) is 4.49. The Morgan fingerprint density at radius 2 is 2.03 bits per heavy atom. The van der Waals surface area contributed by atoms with Crippen LogP contribution in [0.25, 0.3) is 0 Å². The number of carbonyl (C=O) groups excluding carboxylic acids is 1. The second-order valence-corrected chi connectivity index (χ2v) is 10.3. The van der Waals surface area contributed by atoms with Gasteiger partial charge in [0.15, 0.2) is 11.6 Å². The van der Waals surface area contributed by atoms with Crippen molar-refractivity contribution >= 4 is 17.3 Å². The van der Waals surface area contributed by atoms with Gasteiger partial charge in [-0.05, 0) is 63.0 Å². The number of carbonyl (C=O) groups is 1. The van der Waals surface area contributed by atoms with Gasteiger partial charge >= 0.3 is 0 Å². The second kappa shape index (κ2) is 7.75. The summed E-state index contributed by atoms with van der Waals surface area (Å²) in [6, 6.07) is 6.17. The Kier molecular flexibility index (Phi) is 5.15. The molecule has 170 valence electrons. The van der Waals surface area contributed by atoms with E-state index in [2.05, 4.69) is 11.4 Å². The van der Waals surface area contributed by atoms with E-state index in [0.29, 0.717) is 11.6 Å². The van der Waals surface area contributed by atoms with Crippen LogP contribution in [0.5, 0.6) is 5.75 Å². The van der Waals surface area contributed by atoms with Gasteiger partial charge in [0.1, 0.15) is 0 Å². The van der Waals surface area contributed by atoms with Gasteiger partial charge in [0.25, 0.3) is 0 Å². The number of anilines is 1. The summed E-state index contributed by atoms with van der Waals surface area (Å²) < 4.78 is 21.0. The fourth-order valence-electron chi connectivity index (χ4n) is 6.37. The molecule has 6 nitrogen and oxygen atoms in total. The average Bonchev–Trinajstić information content (AvgIpc) is 3.58. The monoisotopic (exact) mass is 438 g/mol. The van der Waals surface area contributed by atoms with Crippen molar-refractivity contribution in [3.05, 3.63) is 23.5 Å². The van der Waals surface area contributed by atoms with Crippen molar-refractivity contribution in [3.8, 4) is 11.8 Å². The minimum absolute atomic E-state index is 0.0286. The number of ether oxygens (including phenoxy) is 1. The molecule has 3 unspecified atom stereocenters. The molecule has 0 aromatic heterocycles. The molecule has 0 spiro atoms. The quantitative estimate of drug-likeness (QED) is 0.614. The number of nitrogens with one attached hydrogen (secondary N) is 2. The summed E-state index contributed by atoms with van der Waals surface area (Å²) in [6.45, 7) is 1.82. The van der Waals surface area contributed by atoms with E-state index in [0.717, 1.165) is 44.9 Å². The highest BCUT2D eigenvalue weighted by atomic mass is 19.1. The zero-order chi connectivity index (χ0) is 22.6. The van der Waals surface area contributed by atoms with Gasteiger partial charge in [0.05, 0.1) is 23.2 Å². The Morgan fingerprint density at radius 3 is 2.62 bits per heavy atom. The molecular weight excluding hydrogens is 407 g/mol. The molecule has 2 aliphatic heterocycles. The van der Waals surface area contributed by atoms with Crippen molar-refractivity contribution in [3.63, 3.8) is 0 Å². The van der Waals surface area contributed by atoms with Crippen molar-refractivity contribution in [1.29, 1.82) is 10.7 Å². The Bertz CT molecular complexity index is 982. The molecule has 6 rings (SSSR count). The lowest BCUT2D eigenvalue weighted by molar-refractivity contribution is -0.153. The number of piperidine rings is 2. The summed E-state index contributed by atoms with van der Waals surface area (Å²) in [5.41, 5.74) is 0.577. The molecule has 2 heterocycles. The van der Waals surface area contributed by atoms with Gasteiger partial charge in [-0.25, -0.2) is 4.39 Å². The van der Waals surface area contributed by atoms with Crippen LogP contribution in [0.2, 0.25) is 0 Å². The number of hydrogen-bond donors (Lipinski definition) is 2. The lowest BCUT2D eigenvalue weighted by atomic mass is 9.56. The highest BCUT2D eigenvalue weighted by Gasteiger charge is 2.56. The summed E-state index contributed by atoms with van der Waals surface area (Å²) in [4.78, 5) is 15.4. The zero-order valence-corrected chi connectivity index (χ0v) is 18.8. The number of nitriles is 1. The maximum absolute atomic E-state index is 15.3. The van der Waals surface area contributed by atoms with Crippen molar-refractivity contribution in [2.75, 3.05) is 12.4 Å². The minimum atomic E-state index is -0.529. The van der Waals surface area contributed by atoms with E-state index < -0.39 is 11.7 Å². The van der Waals surface area contributed by atoms with Crippen LogP contribution in [0.3, 0.4) is 0 Å². The number of nitrogens with zero attached hydrogens (tertiary/aromatic N) is 2. The van der Waals surface area contributed by atoms with Crippen LogP contribution >= 0.6 is 0 Å². The molecule has 3 saturated carbocycles. The molecule has 2 saturated heterocycles. The van der Waals surface area contributed by atoms with E-state index in [1.165, 1.54) is 0 Å². The van der Waals surface area contributed by atoms with Gasteiger partial charge < -0.3 is 20.4 Å². The normalized spacial score (nSPS) is 31.2. The molecule has 2 N–H and O–H groups in total. The van der Waals surface area contributed by atoms with Gasteiger partial charge in [0, 0.05) is 42.9 Å². The summed E-state index contributed by atoms with van der Waals surface area (Å²) in [7, 11) is 1.70. The van der Waals surface area contributed by atoms with E-state index in [1.807, 2.05) is 11.8 Å². The van der Waals surface area contributed by atoms with Crippen molar-refractivity contribution in [2.24, 2.45) is 17.3 Å². The third-order valence-electron chi connectivity index (χ3n) is 7.89. The number of amides is 1. The molecule has 7 heteroatoms. The zero-order valence-electron chi connectivity index (χ0n) is 18.8. The third kappa shape index (κ3) is 3.54. The topological polar surface area (TPSA) is 89.2 Å². The van der Waals surface area contributed by atoms with E-state index >= 15 is 4.39 Å². The van der Waals surface area contributed by atoms with Crippen LogP contribution in [0.4, 0.5) is 10.1 Å². The smallest absolute Gasteiger partial charge is 0.223 e. The average molecular weight is 439 g/mol. The Morgan fingerprint density at radius 1 is 1.34 bits per heavy atom. The molecule has 32 heavy (non-hydrogen) atoms. The first-order valence-electron chi connectivity index (χ1n) is 11.8. The fourth-order valence-corrected chi connectivity index (χ4v) is 6.37. The van der Waals surface area contributed by atoms with Crippen LogP contribution in [0.15, 0.2) is 12.1 Å². The lowest BCUT2D eigenvalue weighted by Crippen LogP contribution is -2.63. The molecule has 1 aromatic rings. The lowest BCUT2D eigenvalue weighted by Gasteiger charge is -2.59. The number of hydrogen-bond acceptors (Lipinski definition) is 5. The van der Waals surface area contributed by atoms with Crippen LogP contribution in [-0.4, -0.2) is 41.8 Å². The highest BCUT2D eigenvalue weighted by Crippen LogP contribution is 2.56. The second-order valence-electron chi connectivity index (χ2n) is 10.3. The van der Waals surface area contributed by atoms with Gasteiger partial charge in [-0.2, -0.15) is 5.26 Å². The van der Waals surface area contributed by atoms with Gasteiger partial charge in [-0.1, -0.05) is 6.92 Å². The maximum atomic E-state index is 15.3. The SMILES string of the molecule is CNc1ccc(OC2CC2)c(F)c1C(=N)C(C)CC(=O)N1C2CC3CC1CC(C#N)(C3)C2. The largest absolute Gasteiger partial charge is 0.487 e. The Labute approximate surface area is 188 Å². The number of benzene rings is 1. The molecule has 5 fully saturated rings. The van der Waals surface area contributed by atoms with Crippen LogP contribution in [0, 0.1) is 39.8 Å². The first-order chi connectivity index (χ1) is 15.3. The van der Waals surface area contributed by atoms with E-state index in [-0.39, 0.29) is 53.0 Å². The summed E-state index contributed by atoms with van der Waals surface area (Å²) in [5, 5.41) is 21.4. The van der Waals surface area contributed by atoms with Gasteiger partial charge in [0.2, 0.25) is 5.91 Å². The molecule has 1 aromatic carbocycles. The van der Waals surface area contributed by atoms with E-state index in [1.54, 1.807) is 19.2 Å². The fraction of sp³-hybridized carbons (Fsp3) is 0.640.